The van der Waals surface area contributed by atoms with Crippen LogP contribution in [0, 0.1) is 11.3 Å². The molecule has 1 amide bonds. The van der Waals surface area contributed by atoms with Crippen LogP contribution in [-0.2, 0) is 23.3 Å². The van der Waals surface area contributed by atoms with Crippen molar-refractivity contribution < 1.29 is 14.3 Å². The van der Waals surface area contributed by atoms with Gasteiger partial charge in [-0.3, -0.25) is 9.78 Å². The molecule has 1 fully saturated rings. The molecule has 0 saturated heterocycles. The van der Waals surface area contributed by atoms with E-state index in [1.807, 2.05) is 42.6 Å². The summed E-state index contributed by atoms with van der Waals surface area (Å²) >= 11 is 0. The van der Waals surface area contributed by atoms with Crippen LogP contribution in [0.3, 0.4) is 0 Å². The smallest absolute Gasteiger partial charge is 0.254 e. The molecule has 1 saturated carbocycles. The molecule has 0 radical (unpaired) electrons. The number of hydrogen-bond acceptors (Lipinski definition) is 7. The van der Waals surface area contributed by atoms with Crippen molar-refractivity contribution in [1.29, 1.82) is 5.26 Å². The molecule has 0 unspecified atom stereocenters. The van der Waals surface area contributed by atoms with E-state index in [2.05, 4.69) is 27.4 Å². The Balaban J connectivity index is 1.57. The van der Waals surface area contributed by atoms with Crippen molar-refractivity contribution >= 4 is 11.9 Å². The molecule has 1 spiro atoms. The Morgan fingerprint density at radius 2 is 2.08 bits per heavy atom. The van der Waals surface area contributed by atoms with Gasteiger partial charge in [-0.25, -0.2) is 4.98 Å². The quantitative estimate of drug-likeness (QED) is 0.450. The number of ether oxygens (including phenoxy) is 2. The first-order valence-corrected chi connectivity index (χ1v) is 13.1. The lowest BCUT2D eigenvalue weighted by Crippen LogP contribution is -2.54. The molecule has 198 valence electrons. The van der Waals surface area contributed by atoms with Crippen LogP contribution in [0.2, 0.25) is 0 Å². The van der Waals surface area contributed by atoms with Crippen molar-refractivity contribution in [1.82, 2.24) is 19.4 Å². The predicted octanol–water partition coefficient (Wildman–Crippen LogP) is 4.42. The minimum atomic E-state index is -0.279. The molecular weight excluding hydrogens is 480 g/mol. The topological polar surface area (TPSA) is 105 Å². The van der Waals surface area contributed by atoms with Crippen molar-refractivity contribution in [2.75, 3.05) is 32.6 Å². The number of imidazole rings is 1. The summed E-state index contributed by atoms with van der Waals surface area (Å²) in [4.78, 5) is 25.0. The Morgan fingerprint density at radius 3 is 2.74 bits per heavy atom. The lowest BCUT2D eigenvalue weighted by molar-refractivity contribution is 0.0478. The maximum absolute atomic E-state index is 14.2. The van der Waals surface area contributed by atoms with Gasteiger partial charge in [-0.15, -0.1) is 0 Å². The van der Waals surface area contributed by atoms with Gasteiger partial charge in [-0.2, -0.15) is 5.26 Å². The average Bonchev–Trinajstić information content (AvgIpc) is 3.35. The largest absolute Gasteiger partial charge is 0.492 e. The third kappa shape index (κ3) is 4.39. The summed E-state index contributed by atoms with van der Waals surface area (Å²) in [6, 6.07) is 7.89. The summed E-state index contributed by atoms with van der Waals surface area (Å²) in [5, 5.41) is 12.6. The zero-order valence-corrected chi connectivity index (χ0v) is 22.5. The summed E-state index contributed by atoms with van der Waals surface area (Å²) in [5.74, 6) is 1.26. The lowest BCUT2D eigenvalue weighted by atomic mass is 9.60. The van der Waals surface area contributed by atoms with Crippen LogP contribution < -0.4 is 10.1 Å². The Bertz CT molecular complexity index is 1390. The van der Waals surface area contributed by atoms with Gasteiger partial charge in [-0.1, -0.05) is 12.5 Å². The highest BCUT2D eigenvalue weighted by atomic mass is 16.5. The second kappa shape index (κ2) is 10.5. The van der Waals surface area contributed by atoms with Gasteiger partial charge >= 0.3 is 0 Å². The standard InChI is InChI=1S/C29H34N6O3/c1-5-38-25-13-24(33-15-22(25)14-30)19(2)35-18-29(7-6-8-29)26-21(17-37-4)11-20(12-23(26)27(35)36)16-34-10-9-32-28(34)31-3/h9-13,15,19H,5-8,16-18H2,1-4H3,(H,31,32)/t19-/m0/s1. The Kier molecular flexibility index (Phi) is 7.09. The molecule has 5 rings (SSSR count). The van der Waals surface area contributed by atoms with Gasteiger partial charge < -0.3 is 24.3 Å². The Labute approximate surface area is 223 Å². The van der Waals surface area contributed by atoms with Crippen molar-refractivity contribution in [2.45, 2.75) is 57.7 Å². The number of nitrogens with zero attached hydrogens (tertiary/aromatic N) is 5. The van der Waals surface area contributed by atoms with E-state index in [1.165, 1.54) is 6.20 Å². The number of fused-ring (bicyclic) bond motifs is 2. The number of methoxy groups -OCH3 is 1. The molecule has 3 aromatic rings. The number of carbonyl (C=O) groups excluding carboxylic acids is 1. The maximum atomic E-state index is 14.2. The fourth-order valence-electron chi connectivity index (χ4n) is 5.94. The number of rotatable bonds is 9. The first kappa shape index (κ1) is 25.7. The van der Waals surface area contributed by atoms with Crippen LogP contribution in [0.4, 0.5) is 5.95 Å². The lowest BCUT2D eigenvalue weighted by Gasteiger charge is -2.52. The van der Waals surface area contributed by atoms with Gasteiger partial charge in [0.2, 0.25) is 5.95 Å². The van der Waals surface area contributed by atoms with Crippen LogP contribution >= 0.6 is 0 Å². The highest BCUT2D eigenvalue weighted by molar-refractivity contribution is 5.98. The fraction of sp³-hybridized carbons (Fsp3) is 0.448. The zero-order valence-electron chi connectivity index (χ0n) is 22.5. The molecular formula is C29H34N6O3. The number of nitrogens with one attached hydrogen (secondary N) is 1. The molecule has 0 bridgehead atoms. The molecule has 1 N–H and O–H groups in total. The van der Waals surface area contributed by atoms with Gasteiger partial charge in [0, 0.05) is 56.3 Å². The SMILES string of the molecule is CCOc1cc([C@H](C)N2CC3(CCC3)c3c(COC)cc(Cn4ccnc4NC)cc3C2=O)ncc1C#N. The van der Waals surface area contributed by atoms with E-state index in [9.17, 15) is 10.1 Å². The number of anilines is 1. The zero-order chi connectivity index (χ0) is 26.9. The van der Waals surface area contributed by atoms with Gasteiger partial charge in [0.05, 0.1) is 31.5 Å². The molecule has 1 atom stereocenters. The van der Waals surface area contributed by atoms with Crippen LogP contribution in [0.5, 0.6) is 5.75 Å². The Hall–Kier alpha value is -3.90. The van der Waals surface area contributed by atoms with Gasteiger partial charge in [-0.05, 0) is 49.4 Å². The molecule has 9 nitrogen and oxygen atoms in total. The van der Waals surface area contributed by atoms with Gasteiger partial charge in [0.25, 0.3) is 5.91 Å². The van der Waals surface area contributed by atoms with Crippen molar-refractivity contribution in [3.8, 4) is 11.8 Å². The molecule has 3 heterocycles. The van der Waals surface area contributed by atoms with Gasteiger partial charge in [0.1, 0.15) is 17.4 Å². The molecule has 1 aliphatic carbocycles. The van der Waals surface area contributed by atoms with Crippen LogP contribution in [0.15, 0.2) is 36.8 Å². The van der Waals surface area contributed by atoms with Crippen molar-refractivity contribution in [2.24, 2.45) is 0 Å². The third-order valence-corrected chi connectivity index (χ3v) is 7.88. The second-order valence-corrected chi connectivity index (χ2v) is 10.1. The van der Waals surface area contributed by atoms with E-state index in [0.29, 0.717) is 43.3 Å². The minimum Gasteiger partial charge on any atom is -0.492 e. The monoisotopic (exact) mass is 514 g/mol. The van der Waals surface area contributed by atoms with E-state index in [4.69, 9.17) is 9.47 Å². The first-order chi connectivity index (χ1) is 18.4. The molecule has 1 aliphatic heterocycles. The second-order valence-electron chi connectivity index (χ2n) is 10.1. The van der Waals surface area contributed by atoms with Gasteiger partial charge in [0.15, 0.2) is 0 Å². The van der Waals surface area contributed by atoms with Crippen LogP contribution in [-0.4, -0.2) is 52.7 Å². The van der Waals surface area contributed by atoms with E-state index in [-0.39, 0.29) is 17.4 Å². The molecule has 2 aromatic heterocycles. The first-order valence-electron chi connectivity index (χ1n) is 13.1. The summed E-state index contributed by atoms with van der Waals surface area (Å²) in [7, 11) is 3.55. The number of amides is 1. The fourth-order valence-corrected chi connectivity index (χ4v) is 5.94. The van der Waals surface area contributed by atoms with E-state index < -0.39 is 0 Å². The van der Waals surface area contributed by atoms with Crippen LogP contribution in [0.25, 0.3) is 0 Å². The Morgan fingerprint density at radius 1 is 1.26 bits per heavy atom. The molecule has 2 aliphatic rings. The van der Waals surface area contributed by atoms with E-state index in [1.54, 1.807) is 19.4 Å². The summed E-state index contributed by atoms with van der Waals surface area (Å²) < 4.78 is 13.3. The number of benzene rings is 1. The van der Waals surface area contributed by atoms with Crippen LogP contribution in [0.1, 0.15) is 77.5 Å². The summed E-state index contributed by atoms with van der Waals surface area (Å²) in [6.07, 6.45) is 8.43. The minimum absolute atomic E-state index is 0.00665. The highest BCUT2D eigenvalue weighted by Gasteiger charge is 2.49. The maximum Gasteiger partial charge on any atom is 0.254 e. The van der Waals surface area contributed by atoms with E-state index >= 15 is 0 Å². The third-order valence-electron chi connectivity index (χ3n) is 7.88. The molecule has 38 heavy (non-hydrogen) atoms. The highest BCUT2D eigenvalue weighted by Crippen LogP contribution is 2.51. The average molecular weight is 515 g/mol. The summed E-state index contributed by atoms with van der Waals surface area (Å²) in [6.45, 7) is 6.01. The number of pyridine rings is 1. The molecule has 9 heteroatoms. The number of aromatic nitrogens is 3. The van der Waals surface area contributed by atoms with E-state index in [0.717, 1.165) is 47.5 Å². The van der Waals surface area contributed by atoms with Crippen molar-refractivity contribution in [3.05, 3.63) is 70.3 Å². The number of hydrogen-bond donors (Lipinski definition) is 1. The summed E-state index contributed by atoms with van der Waals surface area (Å²) in [5.41, 5.74) is 5.01. The number of carbonyl (C=O) groups is 1. The van der Waals surface area contributed by atoms with Crippen molar-refractivity contribution in [3.63, 3.8) is 0 Å². The predicted molar refractivity (Wildman–Crippen MR) is 143 cm³/mol. The molecule has 1 aromatic carbocycles. The normalized spacial score (nSPS) is 16.5. The number of nitriles is 1.